The Bertz CT molecular complexity index is 1050. The summed E-state index contributed by atoms with van der Waals surface area (Å²) in [7, 11) is 1.62. The molecule has 1 aromatic heterocycles. The Morgan fingerprint density at radius 1 is 1.38 bits per heavy atom. The number of hydrogen-bond acceptors (Lipinski definition) is 7. The van der Waals surface area contributed by atoms with Gasteiger partial charge in [0.05, 0.1) is 35.8 Å². The first-order chi connectivity index (χ1) is 16.0. The third-order valence-corrected chi connectivity index (χ3v) is 6.05. The average Bonchev–Trinajstić information content (AvgIpc) is 3.21. The van der Waals surface area contributed by atoms with Crippen molar-refractivity contribution >= 4 is 17.6 Å². The summed E-state index contributed by atoms with van der Waals surface area (Å²) in [6.07, 6.45) is 1.79. The Morgan fingerprint density at radius 2 is 2.06 bits per heavy atom. The average molecular weight is 491 g/mol. The van der Waals surface area contributed by atoms with Gasteiger partial charge < -0.3 is 19.5 Å². The van der Waals surface area contributed by atoms with Crippen molar-refractivity contribution in [2.45, 2.75) is 59.3 Å². The van der Waals surface area contributed by atoms with Crippen LogP contribution in [-0.4, -0.2) is 40.1 Å². The molecule has 0 bridgehead atoms. The van der Waals surface area contributed by atoms with Gasteiger partial charge in [-0.15, -0.1) is 5.01 Å². The molecule has 0 amide bonds. The molecule has 0 saturated carbocycles. The van der Waals surface area contributed by atoms with E-state index in [1.807, 2.05) is 45.0 Å². The lowest BCUT2D eigenvalue weighted by molar-refractivity contribution is -0.719. The van der Waals surface area contributed by atoms with Gasteiger partial charge in [-0.3, -0.25) is 9.78 Å². The Balaban J connectivity index is 1.62. The largest absolute Gasteiger partial charge is 0.569 e. The van der Waals surface area contributed by atoms with Gasteiger partial charge in [-0.05, 0) is 51.8 Å². The van der Waals surface area contributed by atoms with Crippen LogP contribution in [-0.2, 0) is 21.0 Å². The van der Waals surface area contributed by atoms with Crippen LogP contribution in [0.2, 0.25) is 5.02 Å². The molecular weight excluding hydrogens is 460 g/mol. The number of fused-ring (bicyclic) bond motifs is 1. The number of hydrazine groups is 1. The monoisotopic (exact) mass is 490 g/mol. The van der Waals surface area contributed by atoms with E-state index in [2.05, 4.69) is 10.3 Å². The summed E-state index contributed by atoms with van der Waals surface area (Å²) in [5.41, 5.74) is 2.84. The number of halogens is 1. The van der Waals surface area contributed by atoms with Crippen LogP contribution in [0.1, 0.15) is 62.6 Å². The topological polar surface area (TPSA) is 99.3 Å². The molecule has 0 N–H and O–H groups in total. The number of benzene rings is 1. The minimum absolute atomic E-state index is 0.0961. The van der Waals surface area contributed by atoms with Crippen LogP contribution in [0.5, 0.6) is 5.75 Å². The van der Waals surface area contributed by atoms with E-state index >= 15 is 0 Å². The van der Waals surface area contributed by atoms with Gasteiger partial charge in [-0.1, -0.05) is 30.7 Å². The highest BCUT2D eigenvalue weighted by Crippen LogP contribution is 2.41. The Hall–Kier alpha value is -2.91. The van der Waals surface area contributed by atoms with Gasteiger partial charge in [0.15, 0.2) is 5.75 Å². The van der Waals surface area contributed by atoms with Gasteiger partial charge in [0.25, 0.3) is 0 Å². The fourth-order valence-electron chi connectivity index (χ4n) is 3.28. The Labute approximate surface area is 204 Å². The second-order valence-electron chi connectivity index (χ2n) is 9.32. The highest BCUT2D eigenvalue weighted by Gasteiger charge is 2.31. The number of rotatable bonds is 8. The summed E-state index contributed by atoms with van der Waals surface area (Å²) in [6.45, 7) is 9.58. The van der Waals surface area contributed by atoms with Crippen molar-refractivity contribution < 1.29 is 24.1 Å². The van der Waals surface area contributed by atoms with Crippen LogP contribution in [0.4, 0.5) is 0 Å². The first-order valence-electron chi connectivity index (χ1n) is 11.1. The van der Waals surface area contributed by atoms with Crippen molar-refractivity contribution in [3.05, 3.63) is 63.1 Å². The number of aryl methyl sites for hydroxylation is 1. The molecule has 0 saturated heterocycles. The molecule has 1 aliphatic heterocycles. The standard InChI is InChI=1S/C24H31ClN4O5/c1-15(11-12-33-27-29(31)28(6)24(3,4)5)23(30)34-21-16(2)26-13-19-20(21)14-32-22(19)17-7-9-18(25)10-8-17/h7-10,13,15,22H,11-12,14H2,1-6H3/t15?,22-/m0/s1. The van der Waals surface area contributed by atoms with Crippen molar-refractivity contribution in [2.75, 3.05) is 13.7 Å². The van der Waals surface area contributed by atoms with Gasteiger partial charge in [-0.25, -0.2) is 0 Å². The lowest BCUT2D eigenvalue weighted by atomic mass is 10.00. The maximum atomic E-state index is 12.7. The molecule has 184 valence electrons. The lowest BCUT2D eigenvalue weighted by Crippen LogP contribution is -2.42. The molecule has 34 heavy (non-hydrogen) atoms. The van der Waals surface area contributed by atoms with Gasteiger partial charge in [0.1, 0.15) is 12.7 Å². The zero-order valence-electron chi connectivity index (χ0n) is 20.4. The summed E-state index contributed by atoms with van der Waals surface area (Å²) < 4.78 is 11.7. The molecule has 1 aromatic carbocycles. The minimum atomic E-state index is -0.472. The number of ether oxygens (including phenoxy) is 2. The van der Waals surface area contributed by atoms with Crippen molar-refractivity contribution in [3.8, 4) is 5.75 Å². The summed E-state index contributed by atoms with van der Waals surface area (Å²) in [5, 5.41) is 17.5. The van der Waals surface area contributed by atoms with Gasteiger partial charge in [0.2, 0.25) is 5.28 Å². The Morgan fingerprint density at radius 3 is 2.71 bits per heavy atom. The number of hydrogen-bond donors (Lipinski definition) is 0. The van der Waals surface area contributed by atoms with Crippen LogP contribution >= 0.6 is 11.6 Å². The molecule has 3 rings (SSSR count). The fraction of sp³-hybridized carbons (Fsp3) is 0.500. The lowest BCUT2D eigenvalue weighted by Gasteiger charge is -2.26. The van der Waals surface area contributed by atoms with E-state index in [0.29, 0.717) is 34.5 Å². The van der Waals surface area contributed by atoms with Crippen LogP contribution < -0.4 is 4.74 Å². The SMILES string of the molecule is Cc1ncc2c(c1OC(=O)C(C)CCON=[N+]([O-])N(C)C(C)(C)C)CO[C@H]2c1ccc(Cl)cc1. The van der Waals surface area contributed by atoms with E-state index in [-0.39, 0.29) is 12.7 Å². The Kier molecular flexibility index (Phi) is 7.99. The van der Waals surface area contributed by atoms with Crippen LogP contribution in [0, 0.1) is 18.0 Å². The third kappa shape index (κ3) is 5.95. The van der Waals surface area contributed by atoms with Crippen molar-refractivity contribution in [1.82, 2.24) is 9.99 Å². The van der Waals surface area contributed by atoms with E-state index in [9.17, 15) is 10.0 Å². The molecule has 0 radical (unpaired) electrons. The normalized spacial score (nSPS) is 16.7. The van der Waals surface area contributed by atoms with E-state index in [1.54, 1.807) is 27.1 Å². The second kappa shape index (κ2) is 10.6. The number of nitrogens with zero attached hydrogens (tertiary/aromatic N) is 4. The molecule has 10 heteroatoms. The van der Waals surface area contributed by atoms with Crippen molar-refractivity contribution in [2.24, 2.45) is 11.2 Å². The molecule has 1 unspecified atom stereocenters. The van der Waals surface area contributed by atoms with Crippen molar-refractivity contribution in [1.29, 1.82) is 0 Å². The number of aromatic nitrogens is 1. The predicted molar refractivity (Wildman–Crippen MR) is 126 cm³/mol. The quantitative estimate of drug-likeness (QED) is 0.166. The van der Waals surface area contributed by atoms with E-state index in [1.165, 1.54) is 5.01 Å². The van der Waals surface area contributed by atoms with Crippen LogP contribution in [0.15, 0.2) is 35.7 Å². The van der Waals surface area contributed by atoms with Crippen LogP contribution in [0.25, 0.3) is 0 Å². The number of carbonyl (C=O) groups excluding carboxylic acids is 1. The molecule has 2 aromatic rings. The van der Waals surface area contributed by atoms with Gasteiger partial charge in [0, 0.05) is 22.3 Å². The molecular formula is C24H31ClN4O5. The molecule has 0 aliphatic carbocycles. The molecule has 2 atom stereocenters. The number of carbonyl (C=O) groups is 1. The molecule has 2 heterocycles. The highest BCUT2D eigenvalue weighted by atomic mass is 35.5. The smallest absolute Gasteiger partial charge is 0.314 e. The van der Waals surface area contributed by atoms with Crippen molar-refractivity contribution in [3.63, 3.8) is 0 Å². The molecule has 0 spiro atoms. The summed E-state index contributed by atoms with van der Waals surface area (Å²) in [4.78, 5) is 22.7. The minimum Gasteiger partial charge on any atom is -0.569 e. The summed E-state index contributed by atoms with van der Waals surface area (Å²) in [6, 6.07) is 7.43. The second-order valence-corrected chi connectivity index (χ2v) is 9.76. The maximum Gasteiger partial charge on any atom is 0.314 e. The molecule has 0 fully saturated rings. The predicted octanol–water partition coefficient (Wildman–Crippen LogP) is 5.13. The first-order valence-corrected chi connectivity index (χ1v) is 11.5. The highest BCUT2D eigenvalue weighted by molar-refractivity contribution is 6.30. The fourth-order valence-corrected chi connectivity index (χ4v) is 3.41. The zero-order chi connectivity index (χ0) is 25.0. The summed E-state index contributed by atoms with van der Waals surface area (Å²) in [5.74, 6) is -0.461. The van der Waals surface area contributed by atoms with E-state index in [4.69, 9.17) is 25.9 Å². The first kappa shape index (κ1) is 25.7. The molecule has 1 aliphatic rings. The molecule has 9 nitrogen and oxygen atoms in total. The number of pyridine rings is 1. The van der Waals surface area contributed by atoms with Gasteiger partial charge >= 0.3 is 5.97 Å². The van der Waals surface area contributed by atoms with E-state index in [0.717, 1.165) is 16.7 Å². The van der Waals surface area contributed by atoms with Crippen LogP contribution in [0.3, 0.4) is 0 Å². The number of esters is 1. The summed E-state index contributed by atoms with van der Waals surface area (Å²) >= 11 is 6.00. The third-order valence-electron chi connectivity index (χ3n) is 5.80. The van der Waals surface area contributed by atoms with Gasteiger partial charge in [-0.2, -0.15) is 0 Å². The zero-order valence-corrected chi connectivity index (χ0v) is 21.1. The maximum absolute atomic E-state index is 12.7. The van der Waals surface area contributed by atoms with E-state index < -0.39 is 17.4 Å².